The summed E-state index contributed by atoms with van der Waals surface area (Å²) in [6.07, 6.45) is 7.25. The highest BCUT2D eigenvalue weighted by atomic mass is 32.2. The van der Waals surface area contributed by atoms with Crippen LogP contribution >= 0.6 is 0 Å². The van der Waals surface area contributed by atoms with E-state index in [2.05, 4.69) is 10.6 Å². The van der Waals surface area contributed by atoms with Crippen molar-refractivity contribution in [1.82, 2.24) is 4.72 Å². The van der Waals surface area contributed by atoms with E-state index in [1.54, 1.807) is 19.1 Å². The Hall–Kier alpha value is -1.82. The Morgan fingerprint density at radius 3 is 2.74 bits per heavy atom. The van der Waals surface area contributed by atoms with Gasteiger partial charge in [-0.05, 0) is 37.5 Å². The van der Waals surface area contributed by atoms with Gasteiger partial charge in [0.05, 0.1) is 16.5 Å². The van der Waals surface area contributed by atoms with Crippen LogP contribution in [0.1, 0.15) is 30.4 Å². The highest BCUT2D eigenvalue weighted by molar-refractivity contribution is 7.89. The van der Waals surface area contributed by atoms with Crippen molar-refractivity contribution in [3.63, 3.8) is 0 Å². The molecule has 0 aliphatic rings. The summed E-state index contributed by atoms with van der Waals surface area (Å²) in [5.74, 6) is 2.51. The third-order valence-electron chi connectivity index (χ3n) is 2.65. The summed E-state index contributed by atoms with van der Waals surface area (Å²) in [5, 5.41) is 8.81. The molecule has 0 radical (unpaired) electrons. The van der Waals surface area contributed by atoms with Crippen molar-refractivity contribution in [2.75, 3.05) is 6.54 Å². The van der Waals surface area contributed by atoms with Crippen LogP contribution in [0.3, 0.4) is 0 Å². The fourth-order valence-corrected chi connectivity index (χ4v) is 2.94. The maximum atomic E-state index is 12.1. The molecule has 4 nitrogen and oxygen atoms in total. The van der Waals surface area contributed by atoms with Crippen LogP contribution < -0.4 is 4.72 Å². The van der Waals surface area contributed by atoms with E-state index >= 15 is 0 Å². The summed E-state index contributed by atoms with van der Waals surface area (Å²) in [5.41, 5.74) is 0.952. The molecule has 0 atom stereocenters. The minimum atomic E-state index is -3.56. The molecular formula is C14H16N2O2S. The number of hydrogen-bond donors (Lipinski definition) is 1. The van der Waals surface area contributed by atoms with Crippen LogP contribution in [-0.4, -0.2) is 15.0 Å². The number of benzene rings is 1. The fraction of sp³-hybridized carbons (Fsp3) is 0.357. The number of hydrogen-bond acceptors (Lipinski definition) is 3. The Morgan fingerprint density at radius 1 is 1.37 bits per heavy atom. The van der Waals surface area contributed by atoms with Crippen molar-refractivity contribution in [3.05, 3.63) is 29.3 Å². The zero-order chi connectivity index (χ0) is 14.3. The molecule has 0 bridgehead atoms. The first kappa shape index (κ1) is 15.2. The van der Waals surface area contributed by atoms with Crippen LogP contribution in [0.25, 0.3) is 0 Å². The predicted molar refractivity (Wildman–Crippen MR) is 73.8 cm³/mol. The van der Waals surface area contributed by atoms with E-state index in [0.29, 0.717) is 30.5 Å². The Kier molecular flexibility index (Phi) is 5.57. The van der Waals surface area contributed by atoms with Gasteiger partial charge in [0, 0.05) is 13.0 Å². The number of nitrogens with one attached hydrogen (secondary N) is 1. The zero-order valence-corrected chi connectivity index (χ0v) is 11.6. The summed E-state index contributed by atoms with van der Waals surface area (Å²) in [7, 11) is -3.56. The van der Waals surface area contributed by atoms with E-state index in [1.165, 1.54) is 6.07 Å². The SMILES string of the molecule is C#CCCCCNS(=O)(=O)c1cc(C#N)ccc1C. The minimum Gasteiger partial charge on any atom is -0.211 e. The predicted octanol–water partition coefficient (Wildman–Crippen LogP) is 1.95. The molecular weight excluding hydrogens is 260 g/mol. The lowest BCUT2D eigenvalue weighted by atomic mass is 10.2. The zero-order valence-electron chi connectivity index (χ0n) is 10.8. The van der Waals surface area contributed by atoms with Gasteiger partial charge in [-0.2, -0.15) is 5.26 Å². The van der Waals surface area contributed by atoms with E-state index in [1.807, 2.05) is 6.07 Å². The van der Waals surface area contributed by atoms with Gasteiger partial charge in [0.2, 0.25) is 10.0 Å². The molecule has 1 N–H and O–H groups in total. The molecule has 1 aromatic rings. The summed E-state index contributed by atoms with van der Waals surface area (Å²) < 4.78 is 26.7. The van der Waals surface area contributed by atoms with Gasteiger partial charge in [-0.3, -0.25) is 0 Å². The Morgan fingerprint density at radius 2 is 2.11 bits per heavy atom. The number of nitriles is 1. The first-order valence-corrected chi connectivity index (χ1v) is 7.43. The number of unbranched alkanes of at least 4 members (excludes halogenated alkanes) is 2. The third kappa shape index (κ3) is 4.40. The maximum Gasteiger partial charge on any atom is 0.240 e. The Bertz CT molecular complexity index is 622. The lowest BCUT2D eigenvalue weighted by molar-refractivity contribution is 0.576. The van der Waals surface area contributed by atoms with E-state index in [9.17, 15) is 8.42 Å². The Balaban J connectivity index is 2.78. The fourth-order valence-electron chi connectivity index (χ4n) is 1.60. The summed E-state index contributed by atoms with van der Waals surface area (Å²) in [6.45, 7) is 2.05. The smallest absolute Gasteiger partial charge is 0.211 e. The van der Waals surface area contributed by atoms with Crippen molar-refractivity contribution >= 4 is 10.0 Å². The van der Waals surface area contributed by atoms with Crippen molar-refractivity contribution in [2.45, 2.75) is 31.1 Å². The second-order valence-electron chi connectivity index (χ2n) is 4.15. The first-order chi connectivity index (χ1) is 9.01. The van der Waals surface area contributed by atoms with Crippen molar-refractivity contribution in [3.8, 4) is 18.4 Å². The molecule has 0 aliphatic heterocycles. The number of nitrogens with zero attached hydrogens (tertiary/aromatic N) is 1. The van der Waals surface area contributed by atoms with Gasteiger partial charge in [0.25, 0.3) is 0 Å². The van der Waals surface area contributed by atoms with Gasteiger partial charge in [-0.25, -0.2) is 13.1 Å². The molecule has 5 heteroatoms. The summed E-state index contributed by atoms with van der Waals surface area (Å²) in [6, 6.07) is 6.55. The maximum absolute atomic E-state index is 12.1. The molecule has 0 heterocycles. The lowest BCUT2D eigenvalue weighted by Gasteiger charge is -2.09. The largest absolute Gasteiger partial charge is 0.240 e. The molecule has 0 aromatic heterocycles. The van der Waals surface area contributed by atoms with Crippen LogP contribution in [0.5, 0.6) is 0 Å². The average Bonchev–Trinajstić information content (AvgIpc) is 2.39. The highest BCUT2D eigenvalue weighted by Gasteiger charge is 2.16. The standard InChI is InChI=1S/C14H16N2O2S/c1-3-4-5-6-9-16-19(17,18)14-10-13(11-15)8-7-12(14)2/h1,7-8,10,16H,4-6,9H2,2H3. The molecule has 0 amide bonds. The van der Waals surface area contributed by atoms with Gasteiger partial charge in [0.15, 0.2) is 0 Å². The van der Waals surface area contributed by atoms with Gasteiger partial charge < -0.3 is 0 Å². The second-order valence-corrected chi connectivity index (χ2v) is 5.89. The minimum absolute atomic E-state index is 0.156. The van der Waals surface area contributed by atoms with Crippen molar-refractivity contribution in [2.24, 2.45) is 0 Å². The van der Waals surface area contributed by atoms with E-state index < -0.39 is 10.0 Å². The number of rotatable bonds is 6. The van der Waals surface area contributed by atoms with Crippen LogP contribution in [0.2, 0.25) is 0 Å². The van der Waals surface area contributed by atoms with E-state index in [0.717, 1.165) is 6.42 Å². The lowest BCUT2D eigenvalue weighted by Crippen LogP contribution is -2.25. The topological polar surface area (TPSA) is 70.0 Å². The molecule has 0 saturated carbocycles. The van der Waals surface area contributed by atoms with Crippen molar-refractivity contribution in [1.29, 1.82) is 5.26 Å². The number of sulfonamides is 1. The molecule has 0 fully saturated rings. The van der Waals surface area contributed by atoms with Crippen LogP contribution in [0.15, 0.2) is 23.1 Å². The van der Waals surface area contributed by atoms with Gasteiger partial charge in [-0.1, -0.05) is 6.07 Å². The van der Waals surface area contributed by atoms with Gasteiger partial charge >= 0.3 is 0 Å². The first-order valence-electron chi connectivity index (χ1n) is 5.95. The highest BCUT2D eigenvalue weighted by Crippen LogP contribution is 2.16. The summed E-state index contributed by atoms with van der Waals surface area (Å²) in [4.78, 5) is 0.156. The number of terminal acetylenes is 1. The number of aryl methyl sites for hydroxylation is 1. The molecule has 1 aromatic carbocycles. The van der Waals surface area contributed by atoms with E-state index in [-0.39, 0.29) is 4.90 Å². The van der Waals surface area contributed by atoms with E-state index in [4.69, 9.17) is 11.7 Å². The van der Waals surface area contributed by atoms with Crippen molar-refractivity contribution < 1.29 is 8.42 Å². The van der Waals surface area contributed by atoms with Crippen LogP contribution in [0, 0.1) is 30.6 Å². The summed E-state index contributed by atoms with van der Waals surface area (Å²) >= 11 is 0. The van der Waals surface area contributed by atoms with Gasteiger partial charge in [0.1, 0.15) is 0 Å². The molecule has 0 saturated heterocycles. The second kappa shape index (κ2) is 6.94. The van der Waals surface area contributed by atoms with Crippen LogP contribution in [-0.2, 0) is 10.0 Å². The average molecular weight is 276 g/mol. The molecule has 100 valence electrons. The molecule has 0 unspecified atom stereocenters. The molecule has 19 heavy (non-hydrogen) atoms. The Labute approximate surface area is 114 Å². The third-order valence-corrected chi connectivity index (χ3v) is 4.25. The normalized spacial score (nSPS) is 10.7. The molecule has 0 aliphatic carbocycles. The molecule has 1 rings (SSSR count). The van der Waals surface area contributed by atoms with Crippen LogP contribution in [0.4, 0.5) is 0 Å². The van der Waals surface area contributed by atoms with Gasteiger partial charge in [-0.15, -0.1) is 12.3 Å². The monoisotopic (exact) mass is 276 g/mol. The molecule has 0 spiro atoms. The quantitative estimate of drug-likeness (QED) is 0.637.